The van der Waals surface area contributed by atoms with Crippen molar-refractivity contribution in [3.63, 3.8) is 0 Å². The van der Waals surface area contributed by atoms with E-state index in [1.165, 1.54) is 6.33 Å². The maximum absolute atomic E-state index is 5.98. The van der Waals surface area contributed by atoms with E-state index in [4.69, 9.17) is 11.6 Å². The van der Waals surface area contributed by atoms with E-state index in [0.717, 1.165) is 25.1 Å². The third-order valence-corrected chi connectivity index (χ3v) is 2.95. The van der Waals surface area contributed by atoms with Gasteiger partial charge in [-0.2, -0.15) is 4.98 Å². The second kappa shape index (κ2) is 7.17. The molecule has 0 atom stereocenters. The number of hydrogen-bond donors (Lipinski definition) is 1. The highest BCUT2D eigenvalue weighted by Crippen LogP contribution is 2.19. The molecule has 0 aliphatic carbocycles. The third-order valence-electron chi connectivity index (χ3n) is 2.72. The molecular formula is C14H18ClN5. The quantitative estimate of drug-likeness (QED) is 0.829. The first-order valence-corrected chi connectivity index (χ1v) is 6.86. The number of hydrogen-bond acceptors (Lipinski definition) is 5. The van der Waals surface area contributed by atoms with Gasteiger partial charge in [0.05, 0.1) is 0 Å². The fourth-order valence-corrected chi connectivity index (χ4v) is 1.93. The van der Waals surface area contributed by atoms with Crippen LogP contribution < -0.4 is 5.32 Å². The minimum Gasteiger partial charge on any atom is -0.354 e. The fraction of sp³-hybridized carbons (Fsp3) is 0.357. The molecule has 1 aromatic heterocycles. The Morgan fingerprint density at radius 2 is 2.10 bits per heavy atom. The molecule has 0 fully saturated rings. The second-order valence-corrected chi connectivity index (χ2v) is 5.16. The smallest absolute Gasteiger partial charge is 0.226 e. The van der Waals surface area contributed by atoms with Crippen LogP contribution in [-0.2, 0) is 0 Å². The lowest BCUT2D eigenvalue weighted by Crippen LogP contribution is -2.17. The van der Waals surface area contributed by atoms with Crippen LogP contribution in [-0.4, -0.2) is 47.0 Å². The summed E-state index contributed by atoms with van der Waals surface area (Å²) in [5, 5.41) is 3.87. The van der Waals surface area contributed by atoms with Gasteiger partial charge in [0.15, 0.2) is 5.82 Å². The minimum atomic E-state index is 0.591. The van der Waals surface area contributed by atoms with Crippen molar-refractivity contribution in [2.75, 3.05) is 32.5 Å². The zero-order valence-corrected chi connectivity index (χ0v) is 12.4. The monoisotopic (exact) mass is 291 g/mol. The molecule has 106 valence electrons. The van der Waals surface area contributed by atoms with Gasteiger partial charge in [0.2, 0.25) is 5.95 Å². The van der Waals surface area contributed by atoms with E-state index >= 15 is 0 Å². The van der Waals surface area contributed by atoms with Crippen LogP contribution in [0.1, 0.15) is 6.42 Å². The molecule has 0 amide bonds. The third kappa shape index (κ3) is 4.43. The fourth-order valence-electron chi connectivity index (χ4n) is 1.74. The van der Waals surface area contributed by atoms with Gasteiger partial charge < -0.3 is 10.2 Å². The molecule has 1 heterocycles. The first kappa shape index (κ1) is 14.7. The molecule has 6 heteroatoms. The summed E-state index contributed by atoms with van der Waals surface area (Å²) < 4.78 is 0. The Bertz CT molecular complexity index is 559. The molecule has 0 saturated heterocycles. The van der Waals surface area contributed by atoms with Crippen LogP contribution in [0.2, 0.25) is 5.02 Å². The maximum atomic E-state index is 5.98. The number of nitrogens with zero attached hydrogens (tertiary/aromatic N) is 4. The van der Waals surface area contributed by atoms with Crippen LogP contribution in [0.5, 0.6) is 0 Å². The van der Waals surface area contributed by atoms with Crippen molar-refractivity contribution in [2.24, 2.45) is 0 Å². The van der Waals surface area contributed by atoms with Crippen molar-refractivity contribution in [3.8, 4) is 11.4 Å². The van der Waals surface area contributed by atoms with E-state index in [-0.39, 0.29) is 0 Å². The van der Waals surface area contributed by atoms with Gasteiger partial charge in [-0.1, -0.05) is 23.7 Å². The second-order valence-electron chi connectivity index (χ2n) is 4.73. The van der Waals surface area contributed by atoms with Gasteiger partial charge >= 0.3 is 0 Å². The summed E-state index contributed by atoms with van der Waals surface area (Å²) in [5.74, 6) is 1.21. The van der Waals surface area contributed by atoms with Crippen molar-refractivity contribution in [1.82, 2.24) is 19.9 Å². The van der Waals surface area contributed by atoms with Gasteiger partial charge in [-0.15, -0.1) is 0 Å². The zero-order chi connectivity index (χ0) is 14.4. The highest BCUT2D eigenvalue weighted by molar-refractivity contribution is 6.30. The molecule has 0 saturated carbocycles. The van der Waals surface area contributed by atoms with Crippen molar-refractivity contribution in [1.29, 1.82) is 0 Å². The molecule has 0 aliphatic heterocycles. The van der Waals surface area contributed by atoms with Crippen molar-refractivity contribution >= 4 is 17.5 Å². The molecule has 0 spiro atoms. The Kier molecular flexibility index (Phi) is 5.26. The van der Waals surface area contributed by atoms with Crippen molar-refractivity contribution in [3.05, 3.63) is 35.6 Å². The Labute approximate surface area is 124 Å². The van der Waals surface area contributed by atoms with Crippen molar-refractivity contribution < 1.29 is 0 Å². The van der Waals surface area contributed by atoms with Crippen LogP contribution >= 0.6 is 11.6 Å². The van der Waals surface area contributed by atoms with Gasteiger partial charge in [-0.05, 0) is 39.2 Å². The van der Waals surface area contributed by atoms with Crippen molar-refractivity contribution in [2.45, 2.75) is 6.42 Å². The normalized spacial score (nSPS) is 10.8. The summed E-state index contributed by atoms with van der Waals surface area (Å²) in [7, 11) is 4.11. The Morgan fingerprint density at radius 1 is 1.25 bits per heavy atom. The average molecular weight is 292 g/mol. The number of anilines is 1. The molecule has 0 bridgehead atoms. The molecule has 0 radical (unpaired) electrons. The average Bonchev–Trinajstić information content (AvgIpc) is 2.44. The molecule has 0 unspecified atom stereocenters. The summed E-state index contributed by atoms with van der Waals surface area (Å²) in [6, 6.07) is 7.47. The SMILES string of the molecule is CN(C)CCCNc1ncnc(-c2cccc(Cl)c2)n1. The van der Waals surface area contributed by atoms with Gasteiger partial charge in [0.25, 0.3) is 0 Å². The molecule has 20 heavy (non-hydrogen) atoms. The van der Waals surface area contributed by atoms with E-state index in [1.807, 2.05) is 24.3 Å². The molecule has 1 N–H and O–H groups in total. The van der Waals surface area contributed by atoms with Gasteiger partial charge in [0.1, 0.15) is 6.33 Å². The Morgan fingerprint density at radius 3 is 2.85 bits per heavy atom. The Balaban J connectivity index is 2.01. The Hall–Kier alpha value is -1.72. The molecular weight excluding hydrogens is 274 g/mol. The number of nitrogens with one attached hydrogen (secondary N) is 1. The summed E-state index contributed by atoms with van der Waals surface area (Å²) in [5.41, 5.74) is 0.885. The van der Waals surface area contributed by atoms with E-state index in [2.05, 4.69) is 39.3 Å². The lowest BCUT2D eigenvalue weighted by atomic mass is 10.2. The number of benzene rings is 1. The van der Waals surface area contributed by atoms with Gasteiger partial charge in [-0.3, -0.25) is 0 Å². The van der Waals surface area contributed by atoms with Crippen LogP contribution in [0.15, 0.2) is 30.6 Å². The predicted octanol–water partition coefficient (Wildman–Crippen LogP) is 2.56. The van der Waals surface area contributed by atoms with E-state index in [0.29, 0.717) is 16.8 Å². The maximum Gasteiger partial charge on any atom is 0.226 e. The topological polar surface area (TPSA) is 53.9 Å². The summed E-state index contributed by atoms with van der Waals surface area (Å²) in [4.78, 5) is 14.8. The lowest BCUT2D eigenvalue weighted by molar-refractivity contribution is 0.405. The summed E-state index contributed by atoms with van der Waals surface area (Å²) in [6.07, 6.45) is 2.54. The first-order chi connectivity index (χ1) is 9.65. The molecule has 2 rings (SSSR count). The molecule has 0 aliphatic rings. The molecule has 5 nitrogen and oxygen atoms in total. The number of rotatable bonds is 6. The molecule has 1 aromatic carbocycles. The highest BCUT2D eigenvalue weighted by atomic mass is 35.5. The lowest BCUT2D eigenvalue weighted by Gasteiger charge is -2.10. The van der Waals surface area contributed by atoms with Crippen LogP contribution in [0.25, 0.3) is 11.4 Å². The number of aromatic nitrogens is 3. The summed E-state index contributed by atoms with van der Waals surface area (Å²) >= 11 is 5.98. The van der Waals surface area contributed by atoms with E-state index < -0.39 is 0 Å². The largest absolute Gasteiger partial charge is 0.354 e. The standard InChI is InChI=1S/C14H18ClN5/c1-20(2)8-4-7-16-14-18-10-17-13(19-14)11-5-3-6-12(15)9-11/h3,5-6,9-10H,4,7-8H2,1-2H3,(H,16,17,18,19). The van der Waals surface area contributed by atoms with Crippen LogP contribution in [0.3, 0.4) is 0 Å². The molecule has 2 aromatic rings. The minimum absolute atomic E-state index is 0.591. The highest BCUT2D eigenvalue weighted by Gasteiger charge is 2.04. The van der Waals surface area contributed by atoms with Crippen LogP contribution in [0, 0.1) is 0 Å². The van der Waals surface area contributed by atoms with Crippen LogP contribution in [0.4, 0.5) is 5.95 Å². The van der Waals surface area contributed by atoms with Gasteiger partial charge in [0, 0.05) is 17.1 Å². The first-order valence-electron chi connectivity index (χ1n) is 6.49. The summed E-state index contributed by atoms with van der Waals surface area (Å²) in [6.45, 7) is 1.86. The van der Waals surface area contributed by atoms with E-state index in [1.54, 1.807) is 0 Å². The van der Waals surface area contributed by atoms with E-state index in [9.17, 15) is 0 Å². The predicted molar refractivity (Wildman–Crippen MR) is 81.9 cm³/mol. The zero-order valence-electron chi connectivity index (χ0n) is 11.7. The number of halogens is 1. The van der Waals surface area contributed by atoms with Gasteiger partial charge in [-0.25, -0.2) is 9.97 Å².